The molecular formula is C14H17N3O2S. The fourth-order valence-electron chi connectivity index (χ4n) is 1.78. The third kappa shape index (κ3) is 3.77. The zero-order chi connectivity index (χ0) is 14.4. The van der Waals surface area contributed by atoms with E-state index >= 15 is 0 Å². The van der Waals surface area contributed by atoms with Crippen LogP contribution in [0.4, 0.5) is 5.13 Å². The first-order valence-electron chi connectivity index (χ1n) is 6.58. The van der Waals surface area contributed by atoms with Crippen LogP contribution in [0.1, 0.15) is 43.4 Å². The van der Waals surface area contributed by atoms with Crippen molar-refractivity contribution < 1.29 is 9.21 Å². The first kappa shape index (κ1) is 14.5. The van der Waals surface area contributed by atoms with Crippen LogP contribution in [0.5, 0.6) is 0 Å². The maximum absolute atomic E-state index is 11.7. The van der Waals surface area contributed by atoms with Gasteiger partial charge >= 0.3 is 0 Å². The molecule has 1 N–H and O–H groups in total. The van der Waals surface area contributed by atoms with Gasteiger partial charge in [-0.1, -0.05) is 25.2 Å². The minimum absolute atomic E-state index is 0.242. The number of furan rings is 1. The molecule has 2 heterocycles. The molecule has 106 valence electrons. The largest absolute Gasteiger partial charge is 0.465 e. The molecule has 0 atom stereocenters. The summed E-state index contributed by atoms with van der Waals surface area (Å²) in [6.45, 7) is 4.25. The smallest absolute Gasteiger partial charge is 0.250 e. The summed E-state index contributed by atoms with van der Waals surface area (Å²) >= 11 is 1.43. The lowest BCUT2D eigenvalue weighted by molar-refractivity contribution is -0.111. The van der Waals surface area contributed by atoms with E-state index in [2.05, 4.69) is 29.4 Å². The Balaban J connectivity index is 1.94. The van der Waals surface area contributed by atoms with E-state index in [1.165, 1.54) is 17.4 Å². The highest BCUT2D eigenvalue weighted by Gasteiger charge is 2.13. The zero-order valence-electron chi connectivity index (χ0n) is 11.5. The molecule has 2 aromatic heterocycles. The van der Waals surface area contributed by atoms with Crippen LogP contribution in [-0.4, -0.2) is 16.1 Å². The Bertz CT molecular complexity index is 571. The predicted molar refractivity (Wildman–Crippen MR) is 79.6 cm³/mol. The summed E-state index contributed by atoms with van der Waals surface area (Å²) in [6, 6.07) is 3.55. The van der Waals surface area contributed by atoms with Crippen LogP contribution >= 0.6 is 11.3 Å². The Morgan fingerprint density at radius 3 is 2.90 bits per heavy atom. The highest BCUT2D eigenvalue weighted by Crippen LogP contribution is 2.27. The molecule has 0 bridgehead atoms. The fourth-order valence-corrected chi connectivity index (χ4v) is 2.79. The number of carbonyl (C=O) groups excluding carboxylic acids is 1. The average molecular weight is 291 g/mol. The van der Waals surface area contributed by atoms with Crippen LogP contribution in [0, 0.1) is 0 Å². The van der Waals surface area contributed by atoms with Crippen molar-refractivity contribution in [1.82, 2.24) is 10.2 Å². The van der Waals surface area contributed by atoms with E-state index in [0.29, 0.717) is 16.8 Å². The van der Waals surface area contributed by atoms with Crippen molar-refractivity contribution in [1.29, 1.82) is 0 Å². The molecule has 0 aliphatic heterocycles. The second-order valence-corrected chi connectivity index (χ2v) is 5.31. The molecule has 0 aliphatic rings. The van der Waals surface area contributed by atoms with E-state index in [9.17, 15) is 4.79 Å². The first-order valence-corrected chi connectivity index (χ1v) is 7.40. The Morgan fingerprint density at radius 1 is 1.45 bits per heavy atom. The van der Waals surface area contributed by atoms with Gasteiger partial charge in [0.15, 0.2) is 0 Å². The second kappa shape index (κ2) is 7.00. The van der Waals surface area contributed by atoms with Gasteiger partial charge in [-0.05, 0) is 31.1 Å². The van der Waals surface area contributed by atoms with Crippen LogP contribution in [0.2, 0.25) is 0 Å². The summed E-state index contributed by atoms with van der Waals surface area (Å²) in [4.78, 5) is 11.7. The SMILES string of the molecule is CCC(CC)c1nnc(NC(=O)/C=C/c2ccco2)s1. The molecule has 0 spiro atoms. The van der Waals surface area contributed by atoms with Crippen molar-refractivity contribution in [3.8, 4) is 0 Å². The van der Waals surface area contributed by atoms with E-state index in [4.69, 9.17) is 4.42 Å². The van der Waals surface area contributed by atoms with Crippen LogP contribution in [0.15, 0.2) is 28.9 Å². The van der Waals surface area contributed by atoms with Crippen molar-refractivity contribution in [2.75, 3.05) is 5.32 Å². The molecule has 0 unspecified atom stereocenters. The van der Waals surface area contributed by atoms with Crippen molar-refractivity contribution in [2.24, 2.45) is 0 Å². The molecule has 0 radical (unpaired) electrons. The number of carbonyl (C=O) groups is 1. The fraction of sp³-hybridized carbons (Fsp3) is 0.357. The van der Waals surface area contributed by atoms with E-state index in [1.807, 2.05) is 0 Å². The van der Waals surface area contributed by atoms with Crippen molar-refractivity contribution >= 4 is 28.5 Å². The van der Waals surface area contributed by atoms with Gasteiger partial charge in [-0.3, -0.25) is 10.1 Å². The number of nitrogens with zero attached hydrogens (tertiary/aromatic N) is 2. The molecule has 6 heteroatoms. The quantitative estimate of drug-likeness (QED) is 0.824. The molecule has 0 aliphatic carbocycles. The molecule has 2 rings (SSSR count). The van der Waals surface area contributed by atoms with Crippen LogP contribution in [-0.2, 0) is 4.79 Å². The third-order valence-electron chi connectivity index (χ3n) is 2.95. The van der Waals surface area contributed by atoms with Gasteiger partial charge in [0.05, 0.1) is 6.26 Å². The zero-order valence-corrected chi connectivity index (χ0v) is 12.3. The summed E-state index contributed by atoms with van der Waals surface area (Å²) in [5.74, 6) is 0.806. The van der Waals surface area contributed by atoms with Gasteiger partial charge < -0.3 is 4.42 Å². The number of amides is 1. The number of aromatic nitrogens is 2. The summed E-state index contributed by atoms with van der Waals surface area (Å²) < 4.78 is 5.11. The molecule has 2 aromatic rings. The van der Waals surface area contributed by atoms with Crippen LogP contribution in [0.25, 0.3) is 6.08 Å². The van der Waals surface area contributed by atoms with E-state index < -0.39 is 0 Å². The van der Waals surface area contributed by atoms with Gasteiger partial charge in [-0.2, -0.15) is 0 Å². The van der Waals surface area contributed by atoms with Gasteiger partial charge in [0, 0.05) is 12.0 Å². The predicted octanol–water partition coefficient (Wildman–Crippen LogP) is 3.69. The number of hydrogen-bond donors (Lipinski definition) is 1. The molecule has 0 saturated carbocycles. The van der Waals surface area contributed by atoms with Gasteiger partial charge in [-0.25, -0.2) is 0 Å². The van der Waals surface area contributed by atoms with E-state index in [-0.39, 0.29) is 5.91 Å². The lowest BCUT2D eigenvalue weighted by Gasteiger charge is -2.05. The van der Waals surface area contributed by atoms with Gasteiger partial charge in [0.1, 0.15) is 10.8 Å². The molecule has 5 nitrogen and oxygen atoms in total. The number of nitrogens with one attached hydrogen (secondary N) is 1. The van der Waals surface area contributed by atoms with E-state index in [0.717, 1.165) is 17.8 Å². The molecule has 20 heavy (non-hydrogen) atoms. The van der Waals surface area contributed by atoms with Crippen LogP contribution < -0.4 is 5.32 Å². The second-order valence-electron chi connectivity index (χ2n) is 4.30. The van der Waals surface area contributed by atoms with Gasteiger partial charge in [-0.15, -0.1) is 10.2 Å². The lowest BCUT2D eigenvalue weighted by atomic mass is 10.1. The Labute approximate surface area is 121 Å². The lowest BCUT2D eigenvalue weighted by Crippen LogP contribution is -2.07. The Morgan fingerprint density at radius 2 is 2.25 bits per heavy atom. The standard InChI is InChI=1S/C14H17N3O2S/c1-3-10(4-2)13-16-17-14(20-13)15-12(18)8-7-11-6-5-9-19-11/h5-10H,3-4H2,1-2H3,(H,15,17,18)/b8-7+. The van der Waals surface area contributed by atoms with Crippen molar-refractivity contribution in [3.05, 3.63) is 35.2 Å². The topological polar surface area (TPSA) is 68.0 Å². The Kier molecular flexibility index (Phi) is 5.06. The molecule has 0 saturated heterocycles. The maximum atomic E-state index is 11.7. The van der Waals surface area contributed by atoms with Crippen molar-refractivity contribution in [2.45, 2.75) is 32.6 Å². The summed E-state index contributed by atoms with van der Waals surface area (Å²) in [5, 5.41) is 12.3. The number of anilines is 1. The highest BCUT2D eigenvalue weighted by atomic mass is 32.1. The molecule has 1 amide bonds. The van der Waals surface area contributed by atoms with Gasteiger partial charge in [0.2, 0.25) is 11.0 Å². The summed E-state index contributed by atoms with van der Waals surface area (Å²) in [6.07, 6.45) is 6.63. The number of rotatable bonds is 6. The third-order valence-corrected chi connectivity index (χ3v) is 3.95. The normalized spacial score (nSPS) is 11.3. The molecule has 0 fully saturated rings. The average Bonchev–Trinajstić information content (AvgIpc) is 3.10. The van der Waals surface area contributed by atoms with Gasteiger partial charge in [0.25, 0.3) is 0 Å². The summed E-state index contributed by atoms with van der Waals surface area (Å²) in [5.41, 5.74) is 0. The molecular weight excluding hydrogens is 274 g/mol. The Hall–Kier alpha value is -1.95. The van der Waals surface area contributed by atoms with Crippen LogP contribution in [0.3, 0.4) is 0 Å². The molecule has 0 aromatic carbocycles. The minimum atomic E-state index is -0.242. The highest BCUT2D eigenvalue weighted by molar-refractivity contribution is 7.15. The number of hydrogen-bond acceptors (Lipinski definition) is 5. The monoisotopic (exact) mass is 291 g/mol. The summed E-state index contributed by atoms with van der Waals surface area (Å²) in [7, 11) is 0. The van der Waals surface area contributed by atoms with Crippen molar-refractivity contribution in [3.63, 3.8) is 0 Å². The minimum Gasteiger partial charge on any atom is -0.465 e. The first-order chi connectivity index (χ1) is 9.72. The maximum Gasteiger partial charge on any atom is 0.250 e. The van der Waals surface area contributed by atoms with E-state index in [1.54, 1.807) is 24.5 Å².